The number of benzene rings is 2. The zero-order valence-corrected chi connectivity index (χ0v) is 27.8. The Kier molecular flexibility index (Phi) is 9.58. The van der Waals surface area contributed by atoms with Crippen LogP contribution in [0, 0.1) is 10.8 Å². The van der Waals surface area contributed by atoms with E-state index in [2.05, 4.69) is 20.0 Å². The van der Waals surface area contributed by atoms with Crippen LogP contribution in [-0.4, -0.2) is 75.5 Å². The quantitative estimate of drug-likeness (QED) is 0.112. The number of aliphatic hydroxyl groups excluding tert-OH is 1. The van der Waals surface area contributed by atoms with Crippen LogP contribution in [0.1, 0.15) is 40.8 Å². The smallest absolute Gasteiger partial charge is 0.459 e. The van der Waals surface area contributed by atoms with Gasteiger partial charge in [0.25, 0.3) is 0 Å². The molecular weight excluding hydrogens is 631 g/mol. The Balaban J connectivity index is 1.43. The summed E-state index contributed by atoms with van der Waals surface area (Å²) in [6, 6.07) is 11.4. The van der Waals surface area contributed by atoms with Gasteiger partial charge in [0.2, 0.25) is 11.8 Å². The van der Waals surface area contributed by atoms with E-state index in [1.165, 1.54) is 31.9 Å². The van der Waals surface area contributed by atoms with Gasteiger partial charge in [0.15, 0.2) is 17.4 Å². The van der Waals surface area contributed by atoms with Gasteiger partial charge < -0.3 is 34.4 Å². The van der Waals surface area contributed by atoms with Gasteiger partial charge in [-0.3, -0.25) is 13.9 Å². The number of hydrogen-bond donors (Lipinski definition) is 3. The van der Waals surface area contributed by atoms with Crippen LogP contribution in [0.3, 0.4) is 0 Å². The fraction of sp³-hybridized carbons (Fsp3) is 0.452. The lowest BCUT2D eigenvalue weighted by Crippen LogP contribution is -2.40. The molecule has 0 spiro atoms. The van der Waals surface area contributed by atoms with Gasteiger partial charge in [0.1, 0.15) is 24.2 Å². The molecule has 252 valence electrons. The van der Waals surface area contributed by atoms with Crippen LogP contribution in [0.2, 0.25) is 0 Å². The monoisotopic (exact) mass is 670 g/mol. The van der Waals surface area contributed by atoms with Crippen molar-refractivity contribution in [2.75, 3.05) is 26.1 Å². The van der Waals surface area contributed by atoms with Crippen molar-refractivity contribution in [2.45, 2.75) is 59.1 Å². The fourth-order valence-corrected chi connectivity index (χ4v) is 6.67. The van der Waals surface area contributed by atoms with Crippen LogP contribution in [0.15, 0.2) is 48.8 Å². The number of nitrogens with zero attached hydrogens (tertiary/aromatic N) is 4. The van der Waals surface area contributed by atoms with Gasteiger partial charge in [0.05, 0.1) is 38.2 Å². The number of rotatable bonds is 12. The molecule has 0 aliphatic carbocycles. The molecule has 0 amide bonds. The number of ether oxygens (including phenoxy) is 3. The molecule has 1 aliphatic rings. The predicted octanol–water partition coefficient (Wildman–Crippen LogP) is 3.80. The summed E-state index contributed by atoms with van der Waals surface area (Å²) in [5.41, 5.74) is 4.50. The topological polar surface area (TPSA) is 199 Å². The number of fused-ring (bicyclic) bond motifs is 2. The zero-order chi connectivity index (χ0) is 34.1. The molecule has 5 rings (SSSR count). The third-order valence-corrected chi connectivity index (χ3v) is 9.29. The minimum atomic E-state index is -4.39. The summed E-state index contributed by atoms with van der Waals surface area (Å²) in [6.45, 7) is 8.33. The van der Waals surface area contributed by atoms with Crippen LogP contribution in [0.5, 0.6) is 11.6 Å². The number of imidazole rings is 1. The molecule has 4 aromatic rings. The molecule has 1 fully saturated rings. The molecule has 2 aromatic carbocycles. The summed E-state index contributed by atoms with van der Waals surface area (Å²) in [5, 5.41) is 15.5. The average Bonchev–Trinajstić information content (AvgIpc) is 3.56. The number of methoxy groups -OCH3 is 1. The maximum Gasteiger partial charge on any atom is 0.459 e. The predicted molar refractivity (Wildman–Crippen MR) is 172 cm³/mol. The highest BCUT2D eigenvalue weighted by Gasteiger charge is 2.55. The Labute approximate surface area is 271 Å². The van der Waals surface area contributed by atoms with Gasteiger partial charge in [-0.2, -0.15) is 15.1 Å². The molecule has 3 unspecified atom stereocenters. The van der Waals surface area contributed by atoms with Gasteiger partial charge >= 0.3 is 13.7 Å². The molecule has 0 radical (unpaired) electrons. The lowest BCUT2D eigenvalue weighted by Gasteiger charge is -2.27. The summed E-state index contributed by atoms with van der Waals surface area (Å²) < 4.78 is 44.6. The molecule has 0 saturated carbocycles. The zero-order valence-electron chi connectivity index (χ0n) is 26.9. The highest BCUT2D eigenvalue weighted by Crippen LogP contribution is 2.50. The van der Waals surface area contributed by atoms with Crippen molar-refractivity contribution in [3.05, 3.63) is 48.8 Å². The SMILES string of the molecule is COc1nc(N)nc2c1ncn2C1OC(COP(=O)(N[C@H](C)C(=O)OCC(C)(C)C)Oc2cccc3ccccc23)[C@@H](O)[C@@]1(C)C=O. The molecule has 6 atom stereocenters. The van der Waals surface area contributed by atoms with Crippen molar-refractivity contribution in [1.82, 2.24) is 24.6 Å². The van der Waals surface area contributed by atoms with E-state index in [1.807, 2.05) is 39.0 Å². The second kappa shape index (κ2) is 13.2. The number of hydrogen-bond acceptors (Lipinski definition) is 13. The van der Waals surface area contributed by atoms with Gasteiger partial charge in [0, 0.05) is 5.39 Å². The normalized spacial score (nSPS) is 23.3. The Bertz CT molecular complexity index is 1820. The number of aldehydes is 1. The van der Waals surface area contributed by atoms with Gasteiger partial charge in [-0.15, -0.1) is 0 Å². The summed E-state index contributed by atoms with van der Waals surface area (Å²) in [7, 11) is -2.99. The first kappa shape index (κ1) is 34.2. The minimum Gasteiger partial charge on any atom is -0.479 e. The molecular formula is C31H39N6O9P. The third kappa shape index (κ3) is 7.09. The first-order chi connectivity index (χ1) is 22.2. The average molecular weight is 671 g/mol. The Hall–Kier alpha value is -4.14. The molecule has 0 bridgehead atoms. The summed E-state index contributed by atoms with van der Waals surface area (Å²) >= 11 is 0. The molecule has 4 N–H and O–H groups in total. The van der Waals surface area contributed by atoms with Crippen molar-refractivity contribution < 1.29 is 42.5 Å². The minimum absolute atomic E-state index is 0.102. The number of nitrogens with one attached hydrogen (secondary N) is 1. The molecule has 16 heteroatoms. The molecule has 47 heavy (non-hydrogen) atoms. The van der Waals surface area contributed by atoms with E-state index < -0.39 is 50.2 Å². The highest BCUT2D eigenvalue weighted by molar-refractivity contribution is 7.52. The van der Waals surface area contributed by atoms with Crippen molar-refractivity contribution in [2.24, 2.45) is 10.8 Å². The summed E-state index contributed by atoms with van der Waals surface area (Å²) in [6.07, 6.45) is -1.84. The van der Waals surface area contributed by atoms with E-state index in [-0.39, 0.29) is 40.8 Å². The van der Waals surface area contributed by atoms with Gasteiger partial charge in [-0.05, 0) is 30.7 Å². The lowest BCUT2D eigenvalue weighted by molar-refractivity contribution is -0.148. The first-order valence-corrected chi connectivity index (χ1v) is 16.4. The maximum absolute atomic E-state index is 14.4. The van der Waals surface area contributed by atoms with Crippen molar-refractivity contribution in [3.63, 3.8) is 0 Å². The van der Waals surface area contributed by atoms with Crippen molar-refractivity contribution in [3.8, 4) is 11.6 Å². The van der Waals surface area contributed by atoms with E-state index >= 15 is 0 Å². The molecule has 1 saturated heterocycles. The number of carbonyl (C=O) groups excluding carboxylic acids is 2. The van der Waals surface area contributed by atoms with E-state index in [1.54, 1.807) is 24.3 Å². The van der Waals surface area contributed by atoms with E-state index in [4.69, 9.17) is 29.0 Å². The van der Waals surface area contributed by atoms with Gasteiger partial charge in [-0.1, -0.05) is 57.2 Å². The first-order valence-electron chi connectivity index (χ1n) is 14.9. The van der Waals surface area contributed by atoms with Crippen LogP contribution >= 0.6 is 7.75 Å². The molecule has 1 aliphatic heterocycles. The number of carbonyl (C=O) groups is 2. The van der Waals surface area contributed by atoms with Crippen LogP contribution < -0.4 is 20.1 Å². The Morgan fingerprint density at radius 2 is 1.96 bits per heavy atom. The van der Waals surface area contributed by atoms with Crippen molar-refractivity contribution in [1.29, 1.82) is 0 Å². The lowest BCUT2D eigenvalue weighted by atomic mass is 9.84. The van der Waals surface area contributed by atoms with Gasteiger partial charge in [-0.25, -0.2) is 9.55 Å². The number of esters is 1. The molecule has 15 nitrogen and oxygen atoms in total. The number of aliphatic hydroxyl groups is 1. The van der Waals surface area contributed by atoms with Crippen LogP contribution in [0.4, 0.5) is 5.95 Å². The number of aromatic nitrogens is 4. The molecule has 2 aromatic heterocycles. The Morgan fingerprint density at radius 3 is 2.66 bits per heavy atom. The van der Waals surface area contributed by atoms with Crippen LogP contribution in [0.25, 0.3) is 21.9 Å². The number of nitrogen functional groups attached to an aromatic ring is 1. The second-order valence-electron chi connectivity index (χ2n) is 12.8. The second-order valence-corrected chi connectivity index (χ2v) is 14.4. The van der Waals surface area contributed by atoms with E-state index in [0.717, 1.165) is 5.39 Å². The van der Waals surface area contributed by atoms with E-state index in [9.17, 15) is 19.3 Å². The number of anilines is 1. The maximum atomic E-state index is 14.4. The van der Waals surface area contributed by atoms with Crippen LogP contribution in [-0.2, 0) is 28.2 Å². The molecule has 3 heterocycles. The third-order valence-electron chi connectivity index (χ3n) is 7.66. The summed E-state index contributed by atoms with van der Waals surface area (Å²) in [4.78, 5) is 37.9. The Morgan fingerprint density at radius 1 is 1.23 bits per heavy atom. The number of nitrogens with two attached hydrogens (primary N) is 1. The largest absolute Gasteiger partial charge is 0.479 e. The highest BCUT2D eigenvalue weighted by atomic mass is 31.2. The summed E-state index contributed by atoms with van der Waals surface area (Å²) in [5.74, 6) is -0.422. The fourth-order valence-electron chi connectivity index (χ4n) is 5.15. The standard InChI is InChI=1S/C31H39N6O9P/c1-18(27(40)43-16-30(2,3)4)36-47(41,46-21-13-9-11-19-10-7-8-12-20(19)21)44-14-22-24(39)31(5,15-38)28(45-22)37-17-33-23-25(37)34-29(32)35-26(23)42-6/h7-13,15,17-18,22,24,28,39H,14,16H2,1-6H3,(H,36,41)(H2,32,34,35)/t18-,22?,24-,28?,31-,47?/m1/s1. The van der Waals surface area contributed by atoms with E-state index in [0.29, 0.717) is 11.7 Å². The van der Waals surface area contributed by atoms with Crippen molar-refractivity contribution >= 4 is 47.9 Å².